The van der Waals surface area contributed by atoms with Crippen LogP contribution in [0.1, 0.15) is 11.1 Å². The molecule has 18 heavy (non-hydrogen) atoms. The summed E-state index contributed by atoms with van der Waals surface area (Å²) in [5.41, 5.74) is 0.485. The van der Waals surface area contributed by atoms with Crippen molar-refractivity contribution in [3.8, 4) is 11.8 Å². The van der Waals surface area contributed by atoms with Crippen LogP contribution in [0.2, 0.25) is 0 Å². The summed E-state index contributed by atoms with van der Waals surface area (Å²) in [5, 5.41) is 0. The van der Waals surface area contributed by atoms with Crippen LogP contribution in [0.4, 0.5) is 13.2 Å². The first kappa shape index (κ1) is 12.7. The van der Waals surface area contributed by atoms with Gasteiger partial charge in [-0.25, -0.2) is 13.2 Å². The van der Waals surface area contributed by atoms with Crippen molar-refractivity contribution in [1.82, 2.24) is 0 Å². The predicted octanol–water partition coefficient (Wildman–Crippen LogP) is 4.27. The molecule has 0 saturated carbocycles. The summed E-state index contributed by atoms with van der Waals surface area (Å²) in [4.78, 5) is 0. The molecule has 90 valence electrons. The van der Waals surface area contributed by atoms with Gasteiger partial charge in [-0.15, -0.1) is 0 Å². The van der Waals surface area contributed by atoms with Crippen LogP contribution in [0.25, 0.3) is 0 Å². The van der Waals surface area contributed by atoms with E-state index in [-0.39, 0.29) is 15.9 Å². The number of benzene rings is 2. The lowest BCUT2D eigenvalue weighted by molar-refractivity contribution is 0.592. The van der Waals surface area contributed by atoms with E-state index in [1.54, 1.807) is 0 Å². The second-order valence-corrected chi connectivity index (χ2v) is 4.36. The van der Waals surface area contributed by atoms with Crippen molar-refractivity contribution in [1.29, 1.82) is 0 Å². The van der Waals surface area contributed by atoms with E-state index in [0.717, 1.165) is 12.1 Å². The van der Waals surface area contributed by atoms with Gasteiger partial charge in [0.1, 0.15) is 17.5 Å². The summed E-state index contributed by atoms with van der Waals surface area (Å²) in [5.74, 6) is 3.58. The van der Waals surface area contributed by atoms with E-state index in [1.165, 1.54) is 24.3 Å². The van der Waals surface area contributed by atoms with Crippen LogP contribution in [0, 0.1) is 29.3 Å². The van der Waals surface area contributed by atoms with E-state index in [2.05, 4.69) is 27.8 Å². The third-order valence-electron chi connectivity index (χ3n) is 2.20. The number of rotatable bonds is 0. The molecule has 0 heterocycles. The van der Waals surface area contributed by atoms with Gasteiger partial charge in [-0.3, -0.25) is 0 Å². The van der Waals surface area contributed by atoms with Gasteiger partial charge in [0.05, 0.1) is 10.0 Å². The lowest BCUT2D eigenvalue weighted by Gasteiger charge is -1.97. The van der Waals surface area contributed by atoms with E-state index in [1.807, 2.05) is 0 Å². The Morgan fingerprint density at radius 2 is 1.50 bits per heavy atom. The van der Waals surface area contributed by atoms with Crippen LogP contribution < -0.4 is 0 Å². The summed E-state index contributed by atoms with van der Waals surface area (Å²) < 4.78 is 39.3. The van der Waals surface area contributed by atoms with Crippen LogP contribution in [-0.4, -0.2) is 0 Å². The largest absolute Gasteiger partial charge is 0.207 e. The lowest BCUT2D eigenvalue weighted by atomic mass is 10.1. The van der Waals surface area contributed by atoms with Gasteiger partial charge in [-0.05, 0) is 52.3 Å². The molecule has 0 atom stereocenters. The molecule has 4 heteroatoms. The number of hydrogen-bond donors (Lipinski definition) is 0. The molecule has 0 radical (unpaired) electrons. The first-order chi connectivity index (χ1) is 8.56. The Morgan fingerprint density at radius 3 is 2.17 bits per heavy atom. The van der Waals surface area contributed by atoms with E-state index < -0.39 is 11.6 Å². The minimum absolute atomic E-state index is 0.0416. The molecule has 0 fully saturated rings. The standard InChI is InChI=1S/C14H6BrF3/c15-12-8-13(17)10(7-14(12)18)4-1-9-2-5-11(16)6-3-9/h2-3,5-8H. The molecule has 0 nitrogen and oxygen atoms in total. The molecular weight excluding hydrogens is 305 g/mol. The van der Waals surface area contributed by atoms with Crippen molar-refractivity contribution in [2.45, 2.75) is 0 Å². The normalized spacial score (nSPS) is 9.78. The van der Waals surface area contributed by atoms with Crippen LogP contribution in [0.5, 0.6) is 0 Å². The molecule has 0 bridgehead atoms. The maximum Gasteiger partial charge on any atom is 0.140 e. The average molecular weight is 311 g/mol. The summed E-state index contributed by atoms with van der Waals surface area (Å²) in [6, 6.07) is 7.47. The van der Waals surface area contributed by atoms with Gasteiger partial charge < -0.3 is 0 Å². The molecule has 0 aromatic heterocycles. The zero-order valence-electron chi connectivity index (χ0n) is 8.98. The lowest BCUT2D eigenvalue weighted by Crippen LogP contribution is -1.88. The molecule has 0 aliphatic rings. The van der Waals surface area contributed by atoms with Crippen LogP contribution in [-0.2, 0) is 0 Å². The molecule has 2 rings (SSSR count). The van der Waals surface area contributed by atoms with E-state index in [0.29, 0.717) is 5.56 Å². The van der Waals surface area contributed by atoms with E-state index in [4.69, 9.17) is 0 Å². The van der Waals surface area contributed by atoms with Crippen LogP contribution in [0.3, 0.4) is 0 Å². The van der Waals surface area contributed by atoms with E-state index in [9.17, 15) is 13.2 Å². The molecule has 0 amide bonds. The van der Waals surface area contributed by atoms with Gasteiger partial charge in [0.15, 0.2) is 0 Å². The maximum absolute atomic E-state index is 13.4. The van der Waals surface area contributed by atoms with Crippen molar-refractivity contribution < 1.29 is 13.2 Å². The Hall–Kier alpha value is -1.73. The molecule has 2 aromatic rings. The summed E-state index contributed by atoms with van der Waals surface area (Å²) in [7, 11) is 0. The summed E-state index contributed by atoms with van der Waals surface area (Å²) in [6.45, 7) is 0. The van der Waals surface area contributed by atoms with Crippen LogP contribution >= 0.6 is 15.9 Å². The van der Waals surface area contributed by atoms with Crippen molar-refractivity contribution in [2.75, 3.05) is 0 Å². The molecule has 0 N–H and O–H groups in total. The highest BCUT2D eigenvalue weighted by atomic mass is 79.9. The Bertz CT molecular complexity index is 637. The molecule has 0 saturated heterocycles. The second-order valence-electron chi connectivity index (χ2n) is 3.50. The zero-order chi connectivity index (χ0) is 13.1. The monoisotopic (exact) mass is 310 g/mol. The Kier molecular flexibility index (Phi) is 3.73. The number of hydrogen-bond acceptors (Lipinski definition) is 0. The van der Waals surface area contributed by atoms with Crippen LogP contribution in [0.15, 0.2) is 40.9 Å². The highest BCUT2D eigenvalue weighted by molar-refractivity contribution is 9.10. The second kappa shape index (κ2) is 5.28. The average Bonchev–Trinajstić information content (AvgIpc) is 2.34. The van der Waals surface area contributed by atoms with Gasteiger partial charge in [-0.2, -0.15) is 0 Å². The molecule has 2 aromatic carbocycles. The van der Waals surface area contributed by atoms with Crippen molar-refractivity contribution in [2.24, 2.45) is 0 Å². The highest BCUT2D eigenvalue weighted by Gasteiger charge is 2.05. The maximum atomic E-state index is 13.4. The third kappa shape index (κ3) is 2.93. The molecule has 0 spiro atoms. The Balaban J connectivity index is 2.35. The first-order valence-corrected chi connectivity index (χ1v) is 5.77. The van der Waals surface area contributed by atoms with Gasteiger partial charge in [0.25, 0.3) is 0 Å². The summed E-state index contributed by atoms with van der Waals surface area (Å²) >= 11 is 2.88. The smallest absolute Gasteiger partial charge is 0.140 e. The van der Waals surface area contributed by atoms with Gasteiger partial charge in [-0.1, -0.05) is 11.8 Å². The SMILES string of the molecule is Fc1ccc(C#Cc2cc(F)c(Br)cc2F)cc1. The minimum atomic E-state index is -0.613. The molecular formula is C14H6BrF3. The fourth-order valence-electron chi connectivity index (χ4n) is 1.29. The minimum Gasteiger partial charge on any atom is -0.207 e. The third-order valence-corrected chi connectivity index (χ3v) is 2.80. The Labute approximate surface area is 111 Å². The molecule has 0 aliphatic carbocycles. The fourth-order valence-corrected chi connectivity index (χ4v) is 1.61. The summed E-state index contributed by atoms with van der Waals surface area (Å²) in [6.07, 6.45) is 0. The first-order valence-electron chi connectivity index (χ1n) is 4.98. The van der Waals surface area contributed by atoms with E-state index >= 15 is 0 Å². The van der Waals surface area contributed by atoms with Crippen molar-refractivity contribution in [3.05, 3.63) is 69.4 Å². The Morgan fingerprint density at radius 1 is 0.833 bits per heavy atom. The quantitative estimate of drug-likeness (QED) is 0.503. The highest BCUT2D eigenvalue weighted by Crippen LogP contribution is 2.19. The van der Waals surface area contributed by atoms with Gasteiger partial charge in [0, 0.05) is 5.56 Å². The predicted molar refractivity (Wildman–Crippen MR) is 66.4 cm³/mol. The fraction of sp³-hybridized carbons (Fsp3) is 0. The topological polar surface area (TPSA) is 0 Å². The van der Waals surface area contributed by atoms with Crippen molar-refractivity contribution in [3.63, 3.8) is 0 Å². The molecule has 0 unspecified atom stereocenters. The van der Waals surface area contributed by atoms with Gasteiger partial charge >= 0.3 is 0 Å². The van der Waals surface area contributed by atoms with Gasteiger partial charge in [0.2, 0.25) is 0 Å². The van der Waals surface area contributed by atoms with Crippen molar-refractivity contribution >= 4 is 15.9 Å². The zero-order valence-corrected chi connectivity index (χ0v) is 10.6. The molecule has 0 aliphatic heterocycles. The number of halogens is 4.